The smallest absolute Gasteiger partial charge is 0.342 e. The average Bonchev–Trinajstić information content (AvgIpc) is 3.46. The molecule has 0 saturated heterocycles. The quantitative estimate of drug-likeness (QED) is 0.248. The van der Waals surface area contributed by atoms with Gasteiger partial charge in [0, 0.05) is 16.7 Å². The molecule has 39 heavy (non-hydrogen) atoms. The summed E-state index contributed by atoms with van der Waals surface area (Å²) in [4.78, 5) is 26.1. The number of methoxy groups -OCH3 is 3. The maximum absolute atomic E-state index is 13.1. The van der Waals surface area contributed by atoms with Crippen LogP contribution < -0.4 is 19.6 Å². The predicted octanol–water partition coefficient (Wildman–Crippen LogP) is 5.20. The first kappa shape index (κ1) is 25.5. The van der Waals surface area contributed by atoms with Crippen LogP contribution in [0.2, 0.25) is 0 Å². The molecule has 10 nitrogen and oxygen atoms in total. The van der Waals surface area contributed by atoms with Gasteiger partial charge in [-0.2, -0.15) is 0 Å². The Labute approximate surface area is 222 Å². The van der Waals surface area contributed by atoms with Gasteiger partial charge < -0.3 is 27.8 Å². The van der Waals surface area contributed by atoms with E-state index >= 15 is 0 Å². The highest BCUT2D eigenvalue weighted by Crippen LogP contribution is 2.41. The molecule has 2 heterocycles. The van der Waals surface area contributed by atoms with Crippen LogP contribution in [0, 0.1) is 6.92 Å². The van der Waals surface area contributed by atoms with Crippen LogP contribution >= 0.6 is 0 Å². The van der Waals surface area contributed by atoms with E-state index in [4.69, 9.17) is 27.8 Å². The molecule has 0 aliphatic rings. The fourth-order valence-corrected chi connectivity index (χ4v) is 4.17. The fraction of sp³-hybridized carbons (Fsp3) is 0.172. The van der Waals surface area contributed by atoms with Crippen molar-refractivity contribution in [2.75, 3.05) is 21.3 Å². The van der Waals surface area contributed by atoms with Crippen LogP contribution in [0.5, 0.6) is 17.2 Å². The Kier molecular flexibility index (Phi) is 7.00. The minimum Gasteiger partial charge on any atom is -0.493 e. The Balaban J connectivity index is 1.41. The van der Waals surface area contributed by atoms with Gasteiger partial charge in [-0.25, -0.2) is 4.79 Å². The average molecular weight is 529 g/mol. The molecule has 0 N–H and O–H groups in total. The molecular formula is C29H24N2O8. The molecule has 0 fully saturated rings. The molecule has 2 aromatic heterocycles. The monoisotopic (exact) mass is 528 g/mol. The molecule has 0 bridgehead atoms. The summed E-state index contributed by atoms with van der Waals surface area (Å²) in [7, 11) is 4.50. The van der Waals surface area contributed by atoms with Crippen LogP contribution in [-0.4, -0.2) is 37.5 Å². The summed E-state index contributed by atoms with van der Waals surface area (Å²) < 4.78 is 33.3. The summed E-state index contributed by atoms with van der Waals surface area (Å²) in [5, 5.41) is 8.30. The van der Waals surface area contributed by atoms with Gasteiger partial charge in [0.05, 0.1) is 26.7 Å². The number of rotatable bonds is 8. The van der Waals surface area contributed by atoms with Gasteiger partial charge in [-0.05, 0) is 31.2 Å². The number of carbonyl (C=O) groups excluding carboxylic acids is 1. The summed E-state index contributed by atoms with van der Waals surface area (Å²) in [5.41, 5.74) is 1.71. The van der Waals surface area contributed by atoms with Crippen molar-refractivity contribution in [3.63, 3.8) is 0 Å². The number of nitrogens with zero attached hydrogens (tertiary/aromatic N) is 2. The first-order chi connectivity index (χ1) is 18.9. The second kappa shape index (κ2) is 10.7. The molecule has 10 heteroatoms. The number of ether oxygens (including phenoxy) is 4. The van der Waals surface area contributed by atoms with E-state index in [1.54, 1.807) is 31.2 Å². The van der Waals surface area contributed by atoms with Crippen LogP contribution in [0.1, 0.15) is 21.8 Å². The standard InChI is InChI=1S/C29H24N2O8/c1-16-24(32)19-11-8-12-20(26(19)39-25(16)17-9-6-5-7-10-17)29(33)37-15-23-30-31-28(38-23)18-13-21(34-2)27(36-4)22(14-18)35-3/h5-14H,15H2,1-4H3. The maximum Gasteiger partial charge on any atom is 0.342 e. The Morgan fingerprint density at radius 2 is 1.56 bits per heavy atom. The topological polar surface area (TPSA) is 123 Å². The summed E-state index contributed by atoms with van der Waals surface area (Å²) in [6.45, 7) is 1.40. The van der Waals surface area contributed by atoms with Crippen molar-refractivity contribution >= 4 is 16.9 Å². The Morgan fingerprint density at radius 3 is 2.23 bits per heavy atom. The molecule has 0 saturated carbocycles. The molecule has 0 amide bonds. The van der Waals surface area contributed by atoms with E-state index in [1.807, 2.05) is 30.3 Å². The molecule has 198 valence electrons. The van der Waals surface area contributed by atoms with Crippen molar-refractivity contribution in [3.05, 3.63) is 87.9 Å². The first-order valence-corrected chi connectivity index (χ1v) is 11.9. The van der Waals surface area contributed by atoms with Crippen molar-refractivity contribution < 1.29 is 32.6 Å². The number of hydrogen-bond donors (Lipinski definition) is 0. The number of aromatic nitrogens is 2. The summed E-state index contributed by atoms with van der Waals surface area (Å²) in [6.07, 6.45) is 0. The third-order valence-electron chi connectivity index (χ3n) is 6.11. The molecular weight excluding hydrogens is 504 g/mol. The first-order valence-electron chi connectivity index (χ1n) is 11.9. The third-order valence-corrected chi connectivity index (χ3v) is 6.11. The normalized spacial score (nSPS) is 10.9. The SMILES string of the molecule is COc1cc(-c2nnc(COC(=O)c3cccc4c(=O)c(C)c(-c5ccccc5)oc34)o2)cc(OC)c1OC. The van der Waals surface area contributed by atoms with Gasteiger partial charge in [-0.15, -0.1) is 10.2 Å². The van der Waals surface area contributed by atoms with E-state index in [1.165, 1.54) is 27.4 Å². The number of hydrogen-bond acceptors (Lipinski definition) is 10. The highest BCUT2D eigenvalue weighted by molar-refractivity contribution is 6.02. The minimum absolute atomic E-state index is 0.0645. The van der Waals surface area contributed by atoms with Gasteiger partial charge in [0.25, 0.3) is 5.89 Å². The van der Waals surface area contributed by atoms with E-state index in [0.717, 1.165) is 5.56 Å². The predicted molar refractivity (Wildman–Crippen MR) is 141 cm³/mol. The molecule has 5 rings (SSSR count). The van der Waals surface area contributed by atoms with Gasteiger partial charge in [0.15, 0.2) is 29.1 Å². The van der Waals surface area contributed by atoms with E-state index in [-0.39, 0.29) is 40.3 Å². The lowest BCUT2D eigenvalue weighted by Gasteiger charge is -2.12. The zero-order valence-corrected chi connectivity index (χ0v) is 21.6. The Bertz CT molecular complexity index is 1700. The zero-order chi connectivity index (χ0) is 27.5. The maximum atomic E-state index is 13.1. The molecule has 0 atom stereocenters. The van der Waals surface area contributed by atoms with Crippen LogP contribution in [-0.2, 0) is 11.3 Å². The summed E-state index contributed by atoms with van der Waals surface area (Å²) >= 11 is 0. The van der Waals surface area contributed by atoms with Crippen molar-refractivity contribution in [3.8, 4) is 40.0 Å². The highest BCUT2D eigenvalue weighted by atomic mass is 16.5. The second-order valence-electron chi connectivity index (χ2n) is 8.42. The number of benzene rings is 3. The van der Waals surface area contributed by atoms with E-state index in [0.29, 0.717) is 34.1 Å². The number of carbonyl (C=O) groups is 1. The van der Waals surface area contributed by atoms with Gasteiger partial charge in [-0.1, -0.05) is 36.4 Å². The Hall–Kier alpha value is -5.12. The van der Waals surface area contributed by atoms with Gasteiger partial charge in [-0.3, -0.25) is 4.79 Å². The molecule has 0 spiro atoms. The van der Waals surface area contributed by atoms with Crippen molar-refractivity contribution in [1.82, 2.24) is 10.2 Å². The van der Waals surface area contributed by atoms with Gasteiger partial charge in [0.2, 0.25) is 11.6 Å². The third kappa shape index (κ3) is 4.79. The number of fused-ring (bicyclic) bond motifs is 1. The van der Waals surface area contributed by atoms with Crippen molar-refractivity contribution in [2.45, 2.75) is 13.5 Å². The molecule has 0 radical (unpaired) electrons. The van der Waals surface area contributed by atoms with E-state index in [9.17, 15) is 9.59 Å². The molecule has 0 aliphatic heterocycles. The van der Waals surface area contributed by atoms with Gasteiger partial charge >= 0.3 is 5.97 Å². The Morgan fingerprint density at radius 1 is 0.846 bits per heavy atom. The van der Waals surface area contributed by atoms with E-state index in [2.05, 4.69) is 10.2 Å². The zero-order valence-electron chi connectivity index (χ0n) is 21.6. The lowest BCUT2D eigenvalue weighted by Crippen LogP contribution is -2.11. The number of para-hydroxylation sites is 1. The van der Waals surface area contributed by atoms with E-state index < -0.39 is 5.97 Å². The fourth-order valence-electron chi connectivity index (χ4n) is 4.17. The van der Waals surface area contributed by atoms with Crippen LogP contribution in [0.15, 0.2) is 74.3 Å². The van der Waals surface area contributed by atoms with Gasteiger partial charge in [0.1, 0.15) is 11.3 Å². The lowest BCUT2D eigenvalue weighted by atomic mass is 10.0. The van der Waals surface area contributed by atoms with Crippen LogP contribution in [0.3, 0.4) is 0 Å². The largest absolute Gasteiger partial charge is 0.493 e. The minimum atomic E-state index is -0.709. The van der Waals surface area contributed by atoms with Crippen LogP contribution in [0.25, 0.3) is 33.7 Å². The summed E-state index contributed by atoms with van der Waals surface area (Å²) in [5.74, 6) is 1.17. The van der Waals surface area contributed by atoms with Crippen molar-refractivity contribution in [1.29, 1.82) is 0 Å². The van der Waals surface area contributed by atoms with Crippen molar-refractivity contribution in [2.24, 2.45) is 0 Å². The second-order valence-corrected chi connectivity index (χ2v) is 8.42. The highest BCUT2D eigenvalue weighted by Gasteiger charge is 2.21. The van der Waals surface area contributed by atoms with Crippen LogP contribution in [0.4, 0.5) is 0 Å². The molecule has 3 aromatic carbocycles. The lowest BCUT2D eigenvalue weighted by molar-refractivity contribution is 0.0439. The molecule has 0 unspecified atom stereocenters. The number of esters is 1. The molecule has 0 aliphatic carbocycles. The molecule has 5 aromatic rings. The summed E-state index contributed by atoms with van der Waals surface area (Å²) in [6, 6.07) is 17.3.